The first-order valence-electron chi connectivity index (χ1n) is 5.78. The van der Waals surface area contributed by atoms with E-state index in [0.29, 0.717) is 5.75 Å². The zero-order chi connectivity index (χ0) is 12.1. The van der Waals surface area contributed by atoms with Gasteiger partial charge in [-0.1, -0.05) is 60.7 Å². The monoisotopic (exact) mass is 224 g/mol. The Kier molecular flexibility index (Phi) is 3.61. The highest BCUT2D eigenvalue weighted by Crippen LogP contribution is 2.31. The summed E-state index contributed by atoms with van der Waals surface area (Å²) in [5, 5.41) is 9.93. The molecule has 0 aliphatic carbocycles. The van der Waals surface area contributed by atoms with Crippen LogP contribution in [0, 0.1) is 0 Å². The molecule has 86 valence electrons. The summed E-state index contributed by atoms with van der Waals surface area (Å²) in [5.74, 6) is 0.460. The molecule has 0 radical (unpaired) electrons. The van der Waals surface area contributed by atoms with E-state index in [4.69, 9.17) is 0 Å². The molecule has 0 aliphatic rings. The van der Waals surface area contributed by atoms with Gasteiger partial charge in [-0.15, -0.1) is 0 Å². The number of phenols is 1. The highest BCUT2D eigenvalue weighted by Gasteiger charge is 2.13. The number of phenolic OH excluding ortho intramolecular Hbond substituents is 1. The third kappa shape index (κ3) is 2.56. The first-order valence-corrected chi connectivity index (χ1v) is 5.78. The summed E-state index contributed by atoms with van der Waals surface area (Å²) in [6, 6.07) is 17.7. The van der Waals surface area contributed by atoms with E-state index < -0.39 is 0 Å². The van der Waals surface area contributed by atoms with Crippen molar-refractivity contribution in [2.24, 2.45) is 0 Å². The molecule has 1 N–H and O–H groups in total. The highest BCUT2D eigenvalue weighted by atomic mass is 16.3. The van der Waals surface area contributed by atoms with E-state index >= 15 is 0 Å². The van der Waals surface area contributed by atoms with Crippen LogP contribution in [0.25, 0.3) is 0 Å². The predicted molar refractivity (Wildman–Crippen MR) is 71.2 cm³/mol. The fourth-order valence-corrected chi connectivity index (χ4v) is 2.00. The molecule has 0 heterocycles. The smallest absolute Gasteiger partial charge is 0.119 e. The lowest BCUT2D eigenvalue weighted by atomic mass is 9.90. The summed E-state index contributed by atoms with van der Waals surface area (Å²) >= 11 is 0. The van der Waals surface area contributed by atoms with Crippen molar-refractivity contribution in [3.05, 3.63) is 77.9 Å². The van der Waals surface area contributed by atoms with Crippen LogP contribution in [-0.2, 0) is 0 Å². The van der Waals surface area contributed by atoms with E-state index in [0.717, 1.165) is 5.56 Å². The Morgan fingerprint density at radius 1 is 0.941 bits per heavy atom. The van der Waals surface area contributed by atoms with E-state index in [1.165, 1.54) is 5.56 Å². The molecule has 1 nitrogen and oxygen atoms in total. The van der Waals surface area contributed by atoms with Gasteiger partial charge in [-0.25, -0.2) is 0 Å². The van der Waals surface area contributed by atoms with E-state index in [1.807, 2.05) is 49.4 Å². The van der Waals surface area contributed by atoms with E-state index in [9.17, 15) is 5.11 Å². The van der Waals surface area contributed by atoms with Crippen LogP contribution in [0.4, 0.5) is 0 Å². The van der Waals surface area contributed by atoms with Crippen LogP contribution in [0.2, 0.25) is 0 Å². The van der Waals surface area contributed by atoms with Crippen LogP contribution in [0.3, 0.4) is 0 Å². The standard InChI is InChI=1S/C16H16O/c1-2-8-14(13-9-4-3-5-10-13)15-11-6-7-12-16(15)17/h2-12,14,17H,1H3/b8-2+. The maximum absolute atomic E-state index is 9.93. The molecular weight excluding hydrogens is 208 g/mol. The number of hydrogen-bond acceptors (Lipinski definition) is 1. The van der Waals surface area contributed by atoms with E-state index in [1.54, 1.807) is 6.07 Å². The molecule has 0 spiro atoms. The van der Waals surface area contributed by atoms with Gasteiger partial charge < -0.3 is 5.11 Å². The fraction of sp³-hybridized carbons (Fsp3) is 0.125. The average molecular weight is 224 g/mol. The molecule has 0 aliphatic heterocycles. The summed E-state index contributed by atoms with van der Waals surface area (Å²) in [7, 11) is 0. The van der Waals surface area contributed by atoms with Gasteiger partial charge in [0.2, 0.25) is 0 Å². The van der Waals surface area contributed by atoms with Crippen LogP contribution in [0.15, 0.2) is 66.7 Å². The number of benzene rings is 2. The lowest BCUT2D eigenvalue weighted by molar-refractivity contribution is 0.467. The summed E-state index contributed by atoms with van der Waals surface area (Å²) in [6.45, 7) is 2.00. The summed E-state index contributed by atoms with van der Waals surface area (Å²) in [5.41, 5.74) is 2.13. The van der Waals surface area contributed by atoms with Crippen molar-refractivity contribution in [2.75, 3.05) is 0 Å². The van der Waals surface area contributed by atoms with Crippen molar-refractivity contribution >= 4 is 0 Å². The average Bonchev–Trinajstić information content (AvgIpc) is 2.38. The fourth-order valence-electron chi connectivity index (χ4n) is 2.00. The van der Waals surface area contributed by atoms with Gasteiger partial charge in [-0.2, -0.15) is 0 Å². The van der Waals surface area contributed by atoms with Gasteiger partial charge in [0.25, 0.3) is 0 Å². The molecule has 2 aromatic rings. The first-order chi connectivity index (χ1) is 8.33. The Morgan fingerprint density at radius 2 is 1.59 bits per heavy atom. The molecule has 0 aromatic heterocycles. The zero-order valence-electron chi connectivity index (χ0n) is 9.88. The van der Waals surface area contributed by atoms with Crippen LogP contribution in [0.1, 0.15) is 24.0 Å². The number of para-hydroxylation sites is 1. The highest BCUT2D eigenvalue weighted by molar-refractivity contribution is 5.44. The van der Waals surface area contributed by atoms with E-state index in [-0.39, 0.29) is 5.92 Å². The number of allylic oxidation sites excluding steroid dienone is 2. The second-order valence-electron chi connectivity index (χ2n) is 3.97. The quantitative estimate of drug-likeness (QED) is 0.778. The van der Waals surface area contributed by atoms with Crippen LogP contribution in [-0.4, -0.2) is 5.11 Å². The van der Waals surface area contributed by atoms with Crippen LogP contribution < -0.4 is 0 Å². The lowest BCUT2D eigenvalue weighted by Crippen LogP contribution is -1.97. The Hall–Kier alpha value is -2.02. The molecule has 0 saturated heterocycles. The van der Waals surface area contributed by atoms with Gasteiger partial charge in [-0.3, -0.25) is 0 Å². The van der Waals surface area contributed by atoms with Crippen LogP contribution >= 0.6 is 0 Å². The maximum Gasteiger partial charge on any atom is 0.119 e. The van der Waals surface area contributed by atoms with Gasteiger partial charge >= 0.3 is 0 Å². The van der Waals surface area contributed by atoms with Crippen molar-refractivity contribution in [2.45, 2.75) is 12.8 Å². The Labute approximate surface area is 102 Å². The Balaban J connectivity index is 2.47. The molecular formula is C16H16O. The zero-order valence-corrected chi connectivity index (χ0v) is 9.88. The molecule has 17 heavy (non-hydrogen) atoms. The molecule has 1 heteroatoms. The molecule has 2 aromatic carbocycles. The molecule has 0 saturated carbocycles. The van der Waals surface area contributed by atoms with Crippen molar-refractivity contribution in [3.63, 3.8) is 0 Å². The summed E-state index contributed by atoms with van der Waals surface area (Å²) in [6.07, 6.45) is 4.12. The minimum atomic E-state index is 0.113. The lowest BCUT2D eigenvalue weighted by Gasteiger charge is -2.15. The third-order valence-corrected chi connectivity index (χ3v) is 2.82. The number of rotatable bonds is 3. The van der Waals surface area contributed by atoms with Gasteiger partial charge in [-0.05, 0) is 18.6 Å². The molecule has 1 unspecified atom stereocenters. The Bertz CT molecular complexity index is 500. The molecule has 1 atom stereocenters. The third-order valence-electron chi connectivity index (χ3n) is 2.82. The predicted octanol–water partition coefficient (Wildman–Crippen LogP) is 4.10. The molecule has 0 fully saturated rings. The minimum Gasteiger partial charge on any atom is -0.508 e. The summed E-state index contributed by atoms with van der Waals surface area (Å²) < 4.78 is 0. The Morgan fingerprint density at radius 3 is 2.24 bits per heavy atom. The molecule has 2 rings (SSSR count). The van der Waals surface area contributed by atoms with Crippen molar-refractivity contribution in [3.8, 4) is 5.75 Å². The van der Waals surface area contributed by atoms with Crippen molar-refractivity contribution in [1.82, 2.24) is 0 Å². The SMILES string of the molecule is C/C=C/C(c1ccccc1)c1ccccc1O. The minimum absolute atomic E-state index is 0.113. The van der Waals surface area contributed by atoms with Crippen LogP contribution in [0.5, 0.6) is 5.75 Å². The normalized spacial score (nSPS) is 12.8. The topological polar surface area (TPSA) is 20.2 Å². The number of hydrogen-bond donors (Lipinski definition) is 1. The molecule has 0 bridgehead atoms. The summed E-state index contributed by atoms with van der Waals surface area (Å²) in [4.78, 5) is 0. The second kappa shape index (κ2) is 5.35. The van der Waals surface area contributed by atoms with Crippen molar-refractivity contribution < 1.29 is 5.11 Å². The van der Waals surface area contributed by atoms with Gasteiger partial charge in [0.05, 0.1) is 0 Å². The maximum atomic E-state index is 9.93. The van der Waals surface area contributed by atoms with Gasteiger partial charge in [0.15, 0.2) is 0 Å². The van der Waals surface area contributed by atoms with E-state index in [2.05, 4.69) is 18.2 Å². The second-order valence-corrected chi connectivity index (χ2v) is 3.97. The first kappa shape index (κ1) is 11.5. The largest absolute Gasteiger partial charge is 0.508 e. The van der Waals surface area contributed by atoms with Crippen molar-refractivity contribution in [1.29, 1.82) is 0 Å². The number of aromatic hydroxyl groups is 1. The van der Waals surface area contributed by atoms with Gasteiger partial charge in [0.1, 0.15) is 5.75 Å². The molecule has 0 amide bonds. The van der Waals surface area contributed by atoms with Gasteiger partial charge in [0, 0.05) is 11.5 Å².